The van der Waals surface area contributed by atoms with Crippen LogP contribution in [0, 0.1) is 5.92 Å². The lowest BCUT2D eigenvalue weighted by Crippen LogP contribution is -2.35. The Balaban J connectivity index is 2.63. The summed E-state index contributed by atoms with van der Waals surface area (Å²) < 4.78 is 0. The fourth-order valence-corrected chi connectivity index (χ4v) is 1.85. The Kier molecular flexibility index (Phi) is 5.92. The van der Waals surface area contributed by atoms with E-state index in [1.54, 1.807) is 0 Å². The zero-order chi connectivity index (χ0) is 12.7. The molecule has 0 spiro atoms. The van der Waals surface area contributed by atoms with Gasteiger partial charge in [-0.3, -0.25) is 4.90 Å². The molecular formula is C15H23NO. The molecule has 1 aromatic carbocycles. The highest BCUT2D eigenvalue weighted by Gasteiger charge is 2.15. The molecule has 0 radical (unpaired) electrons. The molecule has 1 aromatic rings. The summed E-state index contributed by atoms with van der Waals surface area (Å²) >= 11 is 0. The molecule has 2 nitrogen and oxygen atoms in total. The lowest BCUT2D eigenvalue weighted by Gasteiger charge is -2.28. The van der Waals surface area contributed by atoms with Gasteiger partial charge < -0.3 is 4.79 Å². The third kappa shape index (κ3) is 4.70. The van der Waals surface area contributed by atoms with Gasteiger partial charge in [0.15, 0.2) is 0 Å². The van der Waals surface area contributed by atoms with Crippen LogP contribution in [0.3, 0.4) is 0 Å². The number of aldehydes is 1. The highest BCUT2D eigenvalue weighted by molar-refractivity contribution is 5.53. The molecule has 0 aliphatic carbocycles. The third-order valence-corrected chi connectivity index (χ3v) is 3.14. The Hall–Kier alpha value is -1.15. The maximum atomic E-state index is 10.9. The molecule has 0 saturated heterocycles. The van der Waals surface area contributed by atoms with Crippen LogP contribution in [-0.4, -0.2) is 23.8 Å². The Bertz CT molecular complexity index is 321. The van der Waals surface area contributed by atoms with E-state index in [4.69, 9.17) is 0 Å². The van der Waals surface area contributed by atoms with E-state index in [0.717, 1.165) is 25.8 Å². The van der Waals surface area contributed by atoms with E-state index in [9.17, 15) is 4.79 Å². The molecular weight excluding hydrogens is 210 g/mol. The predicted molar refractivity (Wildman–Crippen MR) is 71.8 cm³/mol. The zero-order valence-corrected chi connectivity index (χ0v) is 11.1. The fraction of sp³-hybridized carbons (Fsp3) is 0.533. The van der Waals surface area contributed by atoms with Crippen LogP contribution in [-0.2, 0) is 11.3 Å². The molecule has 2 heteroatoms. The molecule has 0 saturated carbocycles. The van der Waals surface area contributed by atoms with Crippen molar-refractivity contribution >= 4 is 6.29 Å². The summed E-state index contributed by atoms with van der Waals surface area (Å²) in [4.78, 5) is 13.3. The smallest absolute Gasteiger partial charge is 0.124 e. The zero-order valence-electron chi connectivity index (χ0n) is 11.1. The summed E-state index contributed by atoms with van der Waals surface area (Å²) in [6.45, 7) is 8.20. The number of rotatable bonds is 7. The van der Waals surface area contributed by atoms with E-state index in [0.29, 0.717) is 6.04 Å². The van der Waals surface area contributed by atoms with Crippen LogP contribution in [0.5, 0.6) is 0 Å². The molecule has 0 N–H and O–H groups in total. The van der Waals surface area contributed by atoms with E-state index >= 15 is 0 Å². The van der Waals surface area contributed by atoms with Crippen molar-refractivity contribution in [2.75, 3.05) is 6.54 Å². The first kappa shape index (κ1) is 13.9. The van der Waals surface area contributed by atoms with Crippen molar-refractivity contribution in [3.8, 4) is 0 Å². The maximum Gasteiger partial charge on any atom is 0.124 e. The second kappa shape index (κ2) is 7.23. The van der Waals surface area contributed by atoms with Gasteiger partial charge in [0, 0.05) is 25.0 Å². The summed E-state index contributed by atoms with van der Waals surface area (Å²) in [7, 11) is 0. The summed E-state index contributed by atoms with van der Waals surface area (Å²) in [5, 5.41) is 0. The molecule has 0 aliphatic heterocycles. The molecule has 1 atom stereocenters. The van der Waals surface area contributed by atoms with Crippen molar-refractivity contribution in [1.82, 2.24) is 4.90 Å². The molecule has 1 unspecified atom stereocenters. The van der Waals surface area contributed by atoms with Crippen molar-refractivity contribution in [2.45, 2.75) is 39.8 Å². The number of carbonyl (C=O) groups is 1. The summed E-state index contributed by atoms with van der Waals surface area (Å²) in [5.74, 6) is 0.154. The first-order valence-electron chi connectivity index (χ1n) is 6.40. The van der Waals surface area contributed by atoms with Crippen molar-refractivity contribution in [2.24, 2.45) is 5.92 Å². The summed E-state index contributed by atoms with van der Waals surface area (Å²) in [6, 6.07) is 10.9. The monoisotopic (exact) mass is 233 g/mol. The molecule has 0 fully saturated rings. The van der Waals surface area contributed by atoms with E-state index in [-0.39, 0.29) is 5.92 Å². The van der Waals surface area contributed by atoms with Gasteiger partial charge in [-0.1, -0.05) is 37.3 Å². The van der Waals surface area contributed by atoms with Crippen molar-refractivity contribution in [3.05, 3.63) is 35.9 Å². The third-order valence-electron chi connectivity index (χ3n) is 3.14. The molecule has 0 heterocycles. The van der Waals surface area contributed by atoms with Gasteiger partial charge in [-0.15, -0.1) is 0 Å². The summed E-state index contributed by atoms with van der Waals surface area (Å²) in [6.07, 6.45) is 2.00. The van der Waals surface area contributed by atoms with Crippen LogP contribution in [0.4, 0.5) is 0 Å². The lowest BCUT2D eigenvalue weighted by atomic mass is 10.1. The Morgan fingerprint density at radius 1 is 1.24 bits per heavy atom. The van der Waals surface area contributed by atoms with Crippen molar-refractivity contribution in [3.63, 3.8) is 0 Å². The highest BCUT2D eigenvalue weighted by atomic mass is 16.1. The molecule has 17 heavy (non-hydrogen) atoms. The number of benzene rings is 1. The van der Waals surface area contributed by atoms with Crippen LogP contribution in [0.15, 0.2) is 30.3 Å². The Labute approximate surface area is 105 Å². The highest BCUT2D eigenvalue weighted by Crippen LogP contribution is 2.11. The molecule has 1 rings (SSSR count). The predicted octanol–water partition coefficient (Wildman–Crippen LogP) is 3.12. The van der Waals surface area contributed by atoms with Gasteiger partial charge in [0.1, 0.15) is 6.29 Å². The van der Waals surface area contributed by atoms with Crippen LogP contribution in [0.2, 0.25) is 0 Å². The van der Waals surface area contributed by atoms with Gasteiger partial charge in [0.25, 0.3) is 0 Å². The Morgan fingerprint density at radius 3 is 2.35 bits per heavy atom. The fourth-order valence-electron chi connectivity index (χ4n) is 1.85. The van der Waals surface area contributed by atoms with E-state index in [1.165, 1.54) is 5.56 Å². The Morgan fingerprint density at radius 2 is 1.88 bits per heavy atom. The van der Waals surface area contributed by atoms with Gasteiger partial charge in [-0.05, 0) is 25.8 Å². The van der Waals surface area contributed by atoms with E-state index in [2.05, 4.69) is 49.9 Å². The minimum absolute atomic E-state index is 0.154. The first-order chi connectivity index (χ1) is 8.17. The van der Waals surface area contributed by atoms with Gasteiger partial charge >= 0.3 is 0 Å². The first-order valence-corrected chi connectivity index (χ1v) is 6.40. The number of carbonyl (C=O) groups excluding carboxylic acids is 1. The second-order valence-corrected chi connectivity index (χ2v) is 4.81. The molecule has 94 valence electrons. The van der Waals surface area contributed by atoms with Crippen LogP contribution in [0.1, 0.15) is 32.8 Å². The average molecular weight is 233 g/mol. The van der Waals surface area contributed by atoms with Crippen molar-refractivity contribution in [1.29, 1.82) is 0 Å². The lowest BCUT2D eigenvalue weighted by molar-refractivity contribution is -0.111. The van der Waals surface area contributed by atoms with Gasteiger partial charge in [-0.25, -0.2) is 0 Å². The van der Waals surface area contributed by atoms with Crippen LogP contribution < -0.4 is 0 Å². The summed E-state index contributed by atoms with van der Waals surface area (Å²) in [5.41, 5.74) is 1.31. The molecule has 0 aliphatic rings. The number of nitrogens with zero attached hydrogens (tertiary/aromatic N) is 1. The molecule has 0 bridgehead atoms. The van der Waals surface area contributed by atoms with Crippen molar-refractivity contribution < 1.29 is 4.79 Å². The maximum absolute atomic E-state index is 10.9. The van der Waals surface area contributed by atoms with Gasteiger partial charge in [-0.2, -0.15) is 0 Å². The minimum atomic E-state index is 0.154. The molecule has 0 amide bonds. The van der Waals surface area contributed by atoms with E-state index < -0.39 is 0 Å². The van der Waals surface area contributed by atoms with Gasteiger partial charge in [0.05, 0.1) is 0 Å². The largest absolute Gasteiger partial charge is 0.303 e. The normalized spacial score (nSPS) is 13.0. The van der Waals surface area contributed by atoms with E-state index in [1.807, 2.05) is 6.07 Å². The quantitative estimate of drug-likeness (QED) is 0.674. The number of hydrogen-bond acceptors (Lipinski definition) is 2. The SMILES string of the molecule is CCC(C=O)CN(Cc1ccccc1)C(C)C. The topological polar surface area (TPSA) is 20.3 Å². The standard InChI is InChI=1S/C15H23NO/c1-4-14(12-17)10-16(13(2)3)11-15-8-6-5-7-9-15/h5-9,12-14H,4,10-11H2,1-3H3. The van der Waals surface area contributed by atoms with Crippen LogP contribution in [0.25, 0.3) is 0 Å². The van der Waals surface area contributed by atoms with Crippen LogP contribution >= 0.6 is 0 Å². The average Bonchev–Trinajstić information content (AvgIpc) is 2.35. The number of hydrogen-bond donors (Lipinski definition) is 0. The molecule has 0 aromatic heterocycles. The minimum Gasteiger partial charge on any atom is -0.303 e. The second-order valence-electron chi connectivity index (χ2n) is 4.81. The van der Waals surface area contributed by atoms with Gasteiger partial charge in [0.2, 0.25) is 0 Å².